The lowest BCUT2D eigenvalue weighted by molar-refractivity contribution is -0.142. The second-order valence-electron chi connectivity index (χ2n) is 6.76. The van der Waals surface area contributed by atoms with Gasteiger partial charge in [-0.05, 0) is 51.0 Å². The molecular formula is C15H26N2O2. The summed E-state index contributed by atoms with van der Waals surface area (Å²) in [7, 11) is 1.76. The van der Waals surface area contributed by atoms with E-state index >= 15 is 0 Å². The number of ether oxygens (including phenoxy) is 1. The first-order valence-corrected chi connectivity index (χ1v) is 7.70. The van der Waals surface area contributed by atoms with E-state index in [-0.39, 0.29) is 11.6 Å². The Bertz CT molecular complexity index is 360. The number of fused-ring (bicyclic) bond motifs is 1. The first kappa shape index (κ1) is 13.4. The summed E-state index contributed by atoms with van der Waals surface area (Å²) in [6.07, 6.45) is 5.94. The predicted octanol–water partition coefficient (Wildman–Crippen LogP) is 1.40. The van der Waals surface area contributed by atoms with Crippen LogP contribution in [0.4, 0.5) is 0 Å². The molecule has 3 aliphatic rings. The van der Waals surface area contributed by atoms with Crippen molar-refractivity contribution in [3.8, 4) is 0 Å². The monoisotopic (exact) mass is 266 g/mol. The van der Waals surface area contributed by atoms with Gasteiger partial charge in [0.25, 0.3) is 0 Å². The van der Waals surface area contributed by atoms with Crippen molar-refractivity contribution in [3.63, 3.8) is 0 Å². The summed E-state index contributed by atoms with van der Waals surface area (Å²) in [6, 6.07) is 0.0757. The number of piperidine rings is 1. The van der Waals surface area contributed by atoms with Crippen molar-refractivity contribution >= 4 is 5.91 Å². The van der Waals surface area contributed by atoms with E-state index in [4.69, 9.17) is 4.74 Å². The van der Waals surface area contributed by atoms with Crippen LogP contribution in [0.25, 0.3) is 0 Å². The first-order valence-electron chi connectivity index (χ1n) is 7.70. The maximum atomic E-state index is 12.8. The van der Waals surface area contributed by atoms with Crippen LogP contribution in [-0.4, -0.2) is 49.2 Å². The molecule has 0 aromatic rings. The number of carbonyl (C=O) groups excluding carboxylic acids is 1. The minimum absolute atomic E-state index is 0.0757. The standard InChI is InChI=1S/C15H26N2O2/c1-15(19-2)7-4-8-17(10-15)14(18)13-12-6-3-5-11(12)9-16-13/h11-13,16H,3-10H2,1-2H3. The van der Waals surface area contributed by atoms with Crippen molar-refractivity contribution in [2.75, 3.05) is 26.7 Å². The van der Waals surface area contributed by atoms with Crippen LogP contribution in [0.15, 0.2) is 0 Å². The minimum Gasteiger partial charge on any atom is -0.377 e. The lowest BCUT2D eigenvalue weighted by Crippen LogP contribution is -2.54. The summed E-state index contributed by atoms with van der Waals surface area (Å²) in [5, 5.41) is 3.47. The van der Waals surface area contributed by atoms with E-state index in [1.54, 1.807) is 7.11 Å². The maximum absolute atomic E-state index is 12.8. The summed E-state index contributed by atoms with van der Waals surface area (Å²) >= 11 is 0. The maximum Gasteiger partial charge on any atom is 0.240 e. The van der Waals surface area contributed by atoms with Gasteiger partial charge in [-0.25, -0.2) is 0 Å². The fourth-order valence-electron chi connectivity index (χ4n) is 4.22. The molecule has 0 aromatic carbocycles. The molecule has 0 bridgehead atoms. The normalized spacial score (nSPS) is 42.4. The number of likely N-dealkylation sites (tertiary alicyclic amines) is 1. The molecule has 4 nitrogen and oxygen atoms in total. The Morgan fingerprint density at radius 2 is 2.21 bits per heavy atom. The van der Waals surface area contributed by atoms with Gasteiger partial charge in [-0.1, -0.05) is 6.42 Å². The van der Waals surface area contributed by atoms with Crippen LogP contribution in [0.5, 0.6) is 0 Å². The third-order valence-electron chi connectivity index (χ3n) is 5.48. The van der Waals surface area contributed by atoms with Gasteiger partial charge < -0.3 is 15.0 Å². The Kier molecular flexibility index (Phi) is 3.56. The van der Waals surface area contributed by atoms with Crippen molar-refractivity contribution < 1.29 is 9.53 Å². The Morgan fingerprint density at radius 3 is 3.00 bits per heavy atom. The van der Waals surface area contributed by atoms with Gasteiger partial charge in [0.15, 0.2) is 0 Å². The average molecular weight is 266 g/mol. The van der Waals surface area contributed by atoms with Crippen LogP contribution in [0.2, 0.25) is 0 Å². The van der Waals surface area contributed by atoms with E-state index in [2.05, 4.69) is 12.2 Å². The van der Waals surface area contributed by atoms with Crippen LogP contribution >= 0.6 is 0 Å². The summed E-state index contributed by atoms with van der Waals surface area (Å²) < 4.78 is 5.59. The predicted molar refractivity (Wildman–Crippen MR) is 73.8 cm³/mol. The number of carbonyl (C=O) groups is 1. The molecule has 1 amide bonds. The number of amides is 1. The van der Waals surface area contributed by atoms with Gasteiger partial charge in [0.05, 0.1) is 11.6 Å². The molecule has 3 rings (SSSR count). The Labute approximate surface area is 115 Å². The van der Waals surface area contributed by atoms with Gasteiger partial charge in [-0.3, -0.25) is 4.79 Å². The van der Waals surface area contributed by atoms with Crippen molar-refractivity contribution in [2.45, 2.75) is 50.7 Å². The number of hydrogen-bond donors (Lipinski definition) is 1. The van der Waals surface area contributed by atoms with Crippen LogP contribution in [0.1, 0.15) is 39.0 Å². The van der Waals surface area contributed by atoms with E-state index in [1.165, 1.54) is 19.3 Å². The topological polar surface area (TPSA) is 41.6 Å². The fraction of sp³-hybridized carbons (Fsp3) is 0.933. The van der Waals surface area contributed by atoms with Gasteiger partial charge >= 0.3 is 0 Å². The molecule has 1 N–H and O–H groups in total. The van der Waals surface area contributed by atoms with Gasteiger partial charge in [0.1, 0.15) is 0 Å². The van der Waals surface area contributed by atoms with Crippen LogP contribution in [0.3, 0.4) is 0 Å². The third kappa shape index (κ3) is 2.40. The van der Waals surface area contributed by atoms with Crippen molar-refractivity contribution in [2.24, 2.45) is 11.8 Å². The van der Waals surface area contributed by atoms with Crippen molar-refractivity contribution in [3.05, 3.63) is 0 Å². The molecule has 0 radical (unpaired) electrons. The summed E-state index contributed by atoms with van der Waals surface area (Å²) in [6.45, 7) is 4.80. The highest BCUT2D eigenvalue weighted by Gasteiger charge is 2.45. The Morgan fingerprint density at radius 1 is 1.37 bits per heavy atom. The van der Waals surface area contributed by atoms with Gasteiger partial charge in [-0.2, -0.15) is 0 Å². The SMILES string of the molecule is COC1(C)CCCN(C(=O)C2NCC3CCCC32)C1. The number of nitrogens with zero attached hydrogens (tertiary/aromatic N) is 1. The van der Waals surface area contributed by atoms with E-state index in [9.17, 15) is 4.79 Å². The molecule has 2 heterocycles. The largest absolute Gasteiger partial charge is 0.377 e. The van der Waals surface area contributed by atoms with Crippen LogP contribution < -0.4 is 5.32 Å². The molecule has 4 atom stereocenters. The zero-order valence-electron chi connectivity index (χ0n) is 12.2. The van der Waals surface area contributed by atoms with E-state index < -0.39 is 0 Å². The van der Waals surface area contributed by atoms with Gasteiger partial charge in [-0.15, -0.1) is 0 Å². The quantitative estimate of drug-likeness (QED) is 0.821. The molecule has 19 heavy (non-hydrogen) atoms. The molecule has 4 heteroatoms. The molecule has 0 aromatic heterocycles. The van der Waals surface area contributed by atoms with E-state index in [1.807, 2.05) is 4.90 Å². The van der Waals surface area contributed by atoms with Gasteiger partial charge in [0.2, 0.25) is 5.91 Å². The van der Waals surface area contributed by atoms with Crippen LogP contribution in [0, 0.1) is 11.8 Å². The number of rotatable bonds is 2. The number of methoxy groups -OCH3 is 1. The second-order valence-corrected chi connectivity index (χ2v) is 6.76. The highest BCUT2D eigenvalue weighted by Crippen LogP contribution is 2.38. The molecule has 4 unspecified atom stereocenters. The molecule has 1 aliphatic carbocycles. The Hall–Kier alpha value is -0.610. The van der Waals surface area contributed by atoms with Gasteiger partial charge in [0, 0.05) is 20.2 Å². The molecule has 0 spiro atoms. The Balaban J connectivity index is 1.67. The second kappa shape index (κ2) is 5.06. The zero-order valence-corrected chi connectivity index (χ0v) is 12.2. The van der Waals surface area contributed by atoms with Crippen molar-refractivity contribution in [1.82, 2.24) is 10.2 Å². The third-order valence-corrected chi connectivity index (χ3v) is 5.48. The molecule has 2 aliphatic heterocycles. The molecule has 108 valence electrons. The lowest BCUT2D eigenvalue weighted by Gasteiger charge is -2.40. The summed E-state index contributed by atoms with van der Waals surface area (Å²) in [5.74, 6) is 1.65. The van der Waals surface area contributed by atoms with E-state index in [0.717, 1.165) is 38.4 Å². The summed E-state index contributed by atoms with van der Waals surface area (Å²) in [4.78, 5) is 14.8. The molecule has 3 fully saturated rings. The fourth-order valence-corrected chi connectivity index (χ4v) is 4.22. The number of hydrogen-bond acceptors (Lipinski definition) is 3. The highest BCUT2D eigenvalue weighted by atomic mass is 16.5. The first-order chi connectivity index (χ1) is 9.13. The minimum atomic E-state index is -0.151. The average Bonchev–Trinajstić information content (AvgIpc) is 3.00. The molecular weight excluding hydrogens is 240 g/mol. The van der Waals surface area contributed by atoms with E-state index in [0.29, 0.717) is 11.8 Å². The summed E-state index contributed by atoms with van der Waals surface area (Å²) in [5.41, 5.74) is -0.151. The molecule has 1 saturated carbocycles. The zero-order chi connectivity index (χ0) is 13.5. The molecule has 2 saturated heterocycles. The lowest BCUT2D eigenvalue weighted by atomic mass is 9.90. The number of nitrogens with one attached hydrogen (secondary N) is 1. The highest BCUT2D eigenvalue weighted by molar-refractivity contribution is 5.83. The van der Waals surface area contributed by atoms with Crippen molar-refractivity contribution in [1.29, 1.82) is 0 Å². The van der Waals surface area contributed by atoms with Crippen LogP contribution in [-0.2, 0) is 9.53 Å². The smallest absolute Gasteiger partial charge is 0.240 e.